The molecule has 192 valence electrons. The Morgan fingerprint density at radius 2 is 1.03 bits per heavy atom. The van der Waals surface area contributed by atoms with Gasteiger partial charge in [-0.15, -0.1) is 22.7 Å². The molecule has 2 N–H and O–H groups in total. The summed E-state index contributed by atoms with van der Waals surface area (Å²) in [6.07, 6.45) is 4.13. The molecule has 0 unspecified atom stereocenters. The van der Waals surface area contributed by atoms with Gasteiger partial charge in [-0.3, -0.25) is 9.59 Å². The lowest BCUT2D eigenvalue weighted by Gasteiger charge is -2.05. The summed E-state index contributed by atoms with van der Waals surface area (Å²) < 4.78 is 0. The van der Waals surface area contributed by atoms with Crippen LogP contribution in [0.2, 0.25) is 0 Å². The van der Waals surface area contributed by atoms with Crippen LogP contribution in [0.4, 0.5) is 0 Å². The maximum absolute atomic E-state index is 12.3. The van der Waals surface area contributed by atoms with Crippen molar-refractivity contribution in [1.29, 1.82) is 0 Å². The number of benzene rings is 2. The van der Waals surface area contributed by atoms with Crippen molar-refractivity contribution < 1.29 is 9.59 Å². The van der Waals surface area contributed by atoms with Gasteiger partial charge in [-0.05, 0) is 72.5 Å². The summed E-state index contributed by atoms with van der Waals surface area (Å²) >= 11 is 4.77. The molecular weight excluding hydrogens is 517 g/mol. The minimum atomic E-state index is 0.00864. The van der Waals surface area contributed by atoms with Crippen LogP contribution in [0.5, 0.6) is 0 Å². The third-order valence-corrected chi connectivity index (χ3v) is 9.09. The predicted molar refractivity (Wildman–Crippen MR) is 158 cm³/mol. The molecule has 2 aromatic heterocycles. The van der Waals surface area contributed by atoms with Crippen molar-refractivity contribution in [2.24, 2.45) is 0 Å². The van der Waals surface area contributed by atoms with Gasteiger partial charge in [0.05, 0.1) is 9.75 Å². The molecule has 0 aliphatic heterocycles. The summed E-state index contributed by atoms with van der Waals surface area (Å²) in [4.78, 5) is 30.6. The molecule has 0 radical (unpaired) electrons. The monoisotopic (exact) mass is 548 g/mol. The molecule has 4 aromatic rings. The van der Waals surface area contributed by atoms with Gasteiger partial charge in [-0.25, -0.2) is 0 Å². The number of rotatable bonds is 12. The van der Waals surface area contributed by atoms with Crippen LogP contribution in [-0.2, 0) is 0 Å². The van der Waals surface area contributed by atoms with Crippen LogP contribution in [0.3, 0.4) is 0 Å². The third-order valence-electron chi connectivity index (χ3n) is 5.80. The normalized spacial score (nSPS) is 10.9. The van der Waals surface area contributed by atoms with Gasteiger partial charge in [0.25, 0.3) is 11.8 Å². The van der Waals surface area contributed by atoms with Crippen molar-refractivity contribution in [3.63, 3.8) is 0 Å². The number of hydrogen-bond donors (Lipinski definition) is 2. The highest BCUT2D eigenvalue weighted by Gasteiger charge is 2.11. The van der Waals surface area contributed by atoms with Crippen LogP contribution < -0.4 is 10.6 Å². The molecule has 0 saturated carbocycles. The molecule has 0 aliphatic rings. The zero-order valence-corrected chi connectivity index (χ0v) is 23.7. The summed E-state index contributed by atoms with van der Waals surface area (Å²) in [5, 5.41) is 5.96. The van der Waals surface area contributed by atoms with E-state index in [0.29, 0.717) is 0 Å². The molecule has 0 spiro atoms. The Balaban J connectivity index is 1.34. The number of carbonyl (C=O) groups excluding carboxylic acids is 2. The molecule has 2 heterocycles. The van der Waals surface area contributed by atoms with Crippen molar-refractivity contribution in [1.82, 2.24) is 10.6 Å². The Kier molecular flexibility index (Phi) is 9.99. The first-order valence-electron chi connectivity index (χ1n) is 12.7. The van der Waals surface area contributed by atoms with Crippen molar-refractivity contribution in [3.8, 4) is 20.9 Å². The molecule has 2 amide bonds. The second-order valence-corrected chi connectivity index (χ2v) is 12.0. The molecule has 4 nitrogen and oxygen atoms in total. The van der Waals surface area contributed by atoms with Gasteiger partial charge < -0.3 is 10.6 Å². The third kappa shape index (κ3) is 7.57. The molecule has 7 heteroatoms. The average molecular weight is 549 g/mol. The van der Waals surface area contributed by atoms with E-state index in [4.69, 9.17) is 0 Å². The van der Waals surface area contributed by atoms with Gasteiger partial charge in [-0.2, -0.15) is 0 Å². The van der Waals surface area contributed by atoms with Crippen LogP contribution in [0, 0.1) is 0 Å². The van der Waals surface area contributed by atoms with Crippen LogP contribution in [-0.4, -0.2) is 24.9 Å². The van der Waals surface area contributed by atoms with Gasteiger partial charge in [0.2, 0.25) is 0 Å². The van der Waals surface area contributed by atoms with Crippen LogP contribution in [0.15, 0.2) is 82.6 Å². The predicted octanol–water partition coefficient (Wildman–Crippen LogP) is 8.35. The fourth-order valence-electron chi connectivity index (χ4n) is 3.67. The SMILES string of the molecule is CCCCNC(=O)c1ccc(-c2ccc(Sc3ccc(-c4ccc(C(=O)NCCCC)s4)cc3)cc2)s1. The average Bonchev–Trinajstić information content (AvgIpc) is 3.61. The van der Waals surface area contributed by atoms with Gasteiger partial charge in [-0.1, -0.05) is 62.7 Å². The van der Waals surface area contributed by atoms with Gasteiger partial charge in [0, 0.05) is 32.6 Å². The van der Waals surface area contributed by atoms with Gasteiger partial charge in [0.15, 0.2) is 0 Å². The van der Waals surface area contributed by atoms with E-state index in [1.165, 1.54) is 22.7 Å². The van der Waals surface area contributed by atoms with E-state index in [9.17, 15) is 9.59 Å². The Bertz CT molecular complexity index is 1210. The Morgan fingerprint density at radius 1 is 0.622 bits per heavy atom. The molecule has 0 bridgehead atoms. The lowest BCUT2D eigenvalue weighted by Crippen LogP contribution is -2.23. The highest BCUT2D eigenvalue weighted by atomic mass is 32.2. The van der Waals surface area contributed by atoms with Gasteiger partial charge in [0.1, 0.15) is 0 Å². The highest BCUT2D eigenvalue weighted by molar-refractivity contribution is 7.99. The Morgan fingerprint density at radius 3 is 1.41 bits per heavy atom. The number of unbranched alkanes of at least 4 members (excludes halogenated alkanes) is 2. The topological polar surface area (TPSA) is 58.2 Å². The zero-order valence-electron chi connectivity index (χ0n) is 21.2. The minimum absolute atomic E-state index is 0.00864. The molecular formula is C30H32N2O2S3. The fourth-order valence-corrected chi connectivity index (χ4v) is 6.34. The van der Waals surface area contributed by atoms with E-state index in [1.54, 1.807) is 11.8 Å². The number of thiophene rings is 2. The standard InChI is InChI=1S/C30H32N2O2S3/c1-3-5-19-31-29(33)27-17-15-25(36-27)21-7-11-23(12-8-21)35-24-13-9-22(10-14-24)26-16-18-28(37-26)30(34)32-20-6-4-2/h7-18H,3-6,19-20H2,1-2H3,(H,31,33)(H,32,34). The number of nitrogens with one attached hydrogen (secondary N) is 2. The number of hydrogen-bond acceptors (Lipinski definition) is 5. The smallest absolute Gasteiger partial charge is 0.261 e. The molecule has 0 fully saturated rings. The van der Waals surface area contributed by atoms with Crippen molar-refractivity contribution in [3.05, 3.63) is 82.6 Å². The minimum Gasteiger partial charge on any atom is -0.351 e. The van der Waals surface area contributed by atoms with E-state index < -0.39 is 0 Å². The zero-order chi connectivity index (χ0) is 26.0. The summed E-state index contributed by atoms with van der Waals surface area (Å²) in [6.45, 7) is 5.68. The molecule has 0 saturated heterocycles. The summed E-state index contributed by atoms with van der Waals surface area (Å²) in [7, 11) is 0. The summed E-state index contributed by atoms with van der Waals surface area (Å²) in [5.41, 5.74) is 2.23. The first-order valence-corrected chi connectivity index (χ1v) is 15.2. The van der Waals surface area contributed by atoms with Crippen molar-refractivity contribution in [2.45, 2.75) is 49.3 Å². The lowest BCUT2D eigenvalue weighted by molar-refractivity contribution is 0.0949. The van der Waals surface area contributed by atoms with E-state index in [1.807, 2.05) is 24.3 Å². The molecule has 0 aliphatic carbocycles. The maximum Gasteiger partial charge on any atom is 0.261 e. The van der Waals surface area contributed by atoms with E-state index >= 15 is 0 Å². The van der Waals surface area contributed by atoms with Crippen molar-refractivity contribution in [2.75, 3.05) is 13.1 Å². The second-order valence-electron chi connectivity index (χ2n) is 8.70. The molecule has 2 aromatic carbocycles. The Labute approximate surface area is 231 Å². The number of carbonyl (C=O) groups is 2. The van der Waals surface area contributed by atoms with Crippen LogP contribution in [0.25, 0.3) is 20.9 Å². The van der Waals surface area contributed by atoms with Crippen LogP contribution >= 0.6 is 34.4 Å². The second kappa shape index (κ2) is 13.6. The fraction of sp³-hybridized carbons (Fsp3) is 0.267. The quantitative estimate of drug-likeness (QED) is 0.175. The number of amides is 2. The maximum atomic E-state index is 12.3. The highest BCUT2D eigenvalue weighted by Crippen LogP contribution is 2.34. The lowest BCUT2D eigenvalue weighted by atomic mass is 10.2. The first kappa shape index (κ1) is 27.2. The molecule has 37 heavy (non-hydrogen) atoms. The summed E-state index contributed by atoms with van der Waals surface area (Å²) in [5.74, 6) is 0.0173. The van der Waals surface area contributed by atoms with Crippen molar-refractivity contribution >= 4 is 46.2 Å². The van der Waals surface area contributed by atoms with E-state index in [-0.39, 0.29) is 11.8 Å². The first-order chi connectivity index (χ1) is 18.1. The Hall–Kier alpha value is -2.87. The molecule has 0 atom stereocenters. The van der Waals surface area contributed by atoms with Gasteiger partial charge >= 0.3 is 0 Å². The van der Waals surface area contributed by atoms with E-state index in [2.05, 4.69) is 73.0 Å². The largest absolute Gasteiger partial charge is 0.351 e. The van der Waals surface area contributed by atoms with Crippen LogP contribution in [0.1, 0.15) is 58.9 Å². The van der Waals surface area contributed by atoms with E-state index in [0.717, 1.165) is 79.2 Å². The summed E-state index contributed by atoms with van der Waals surface area (Å²) in [6, 6.07) is 24.8. The molecule has 4 rings (SSSR count).